The number of carbonyl (C=O) groups is 1. The predicted octanol–water partition coefficient (Wildman–Crippen LogP) is 10.3. The van der Waals surface area contributed by atoms with Crippen molar-refractivity contribution in [2.45, 2.75) is 110 Å². The van der Waals surface area contributed by atoms with Crippen molar-refractivity contribution < 1.29 is 14.3 Å². The monoisotopic (exact) mass is 660 g/mol. The summed E-state index contributed by atoms with van der Waals surface area (Å²) in [5.74, 6) is 2.58. The molecule has 1 amide bonds. The Kier molecular flexibility index (Phi) is 18.5. The smallest absolute Gasteiger partial charge is 0.227 e. The first kappa shape index (κ1) is 36.1. The second-order valence-electron chi connectivity index (χ2n) is 11.1. The number of rotatable bonds is 21. The topological polar surface area (TPSA) is 42.0 Å². The number of thioether (sulfide) groups is 1. The molecule has 7 heteroatoms. The number of hydrogen-bond donors (Lipinski definition) is 0. The molecule has 0 spiro atoms. The largest absolute Gasteiger partial charge is 0.493 e. The van der Waals surface area contributed by atoms with Crippen LogP contribution < -0.4 is 14.4 Å². The van der Waals surface area contributed by atoms with E-state index in [9.17, 15) is 4.79 Å². The minimum Gasteiger partial charge on any atom is -0.493 e. The Labute approximate surface area is 270 Å². The highest BCUT2D eigenvalue weighted by Crippen LogP contribution is 2.30. The third-order valence-corrected chi connectivity index (χ3v) is 8.46. The molecule has 2 aromatic carbocycles. The summed E-state index contributed by atoms with van der Waals surface area (Å²) < 4.78 is 11.7. The zero-order valence-corrected chi connectivity index (χ0v) is 28.7. The fraction of sp³-hybridized carbons (Fsp3) is 0.571. The Morgan fingerprint density at radius 3 is 2.02 bits per heavy atom. The standard InChI is InChI=1S/C35H52N2O3S.BrH/c1-4-6-7-8-9-10-11-12-13-14-15-16-24-40-33-22-19-31(26-34(33)39-3)28-37(35(38)5-2)32-20-17-30(18-21-32)27-36-23-25-41-29-36;/h17-23,25-26H,4-16,24,27-29H2,1-3H3;1H. The van der Waals surface area contributed by atoms with Crippen molar-refractivity contribution in [3.63, 3.8) is 0 Å². The minimum atomic E-state index is 0. The first-order valence-electron chi connectivity index (χ1n) is 15.9. The van der Waals surface area contributed by atoms with E-state index in [0.717, 1.165) is 41.6 Å². The molecule has 0 unspecified atom stereocenters. The third kappa shape index (κ3) is 13.0. The van der Waals surface area contributed by atoms with Gasteiger partial charge in [-0.25, -0.2) is 0 Å². The van der Waals surface area contributed by atoms with Crippen molar-refractivity contribution in [1.82, 2.24) is 4.90 Å². The van der Waals surface area contributed by atoms with Crippen LogP contribution in [0.4, 0.5) is 5.69 Å². The Morgan fingerprint density at radius 1 is 0.833 bits per heavy atom. The highest BCUT2D eigenvalue weighted by molar-refractivity contribution is 8.93. The van der Waals surface area contributed by atoms with Crippen LogP contribution in [-0.4, -0.2) is 30.4 Å². The number of unbranched alkanes of at least 4 members (excludes halogenated alkanes) is 11. The molecule has 1 aliphatic rings. The Morgan fingerprint density at radius 2 is 1.45 bits per heavy atom. The fourth-order valence-electron chi connectivity index (χ4n) is 5.18. The number of halogens is 1. The van der Waals surface area contributed by atoms with Crippen LogP contribution in [0.1, 0.15) is 108 Å². The average molecular weight is 662 g/mol. The van der Waals surface area contributed by atoms with E-state index in [1.807, 2.05) is 30.0 Å². The summed E-state index contributed by atoms with van der Waals surface area (Å²) in [6, 6.07) is 14.4. The van der Waals surface area contributed by atoms with Gasteiger partial charge in [-0.1, -0.05) is 103 Å². The molecule has 0 aromatic heterocycles. The van der Waals surface area contributed by atoms with Gasteiger partial charge in [0.1, 0.15) is 0 Å². The molecular formula is C35H53BrN2O3S. The summed E-state index contributed by atoms with van der Waals surface area (Å²) in [5.41, 5.74) is 3.17. The number of amides is 1. The van der Waals surface area contributed by atoms with Gasteiger partial charge < -0.3 is 19.3 Å². The lowest BCUT2D eigenvalue weighted by Crippen LogP contribution is -2.29. The molecule has 234 valence electrons. The summed E-state index contributed by atoms with van der Waals surface area (Å²) in [4.78, 5) is 17.0. The number of benzene rings is 2. The number of hydrogen-bond acceptors (Lipinski definition) is 5. The van der Waals surface area contributed by atoms with E-state index in [4.69, 9.17) is 9.47 Å². The van der Waals surface area contributed by atoms with Crippen molar-refractivity contribution >= 4 is 40.3 Å². The minimum absolute atomic E-state index is 0. The molecule has 3 rings (SSSR count). The molecule has 2 aromatic rings. The van der Waals surface area contributed by atoms with Crippen LogP contribution in [0.15, 0.2) is 54.1 Å². The van der Waals surface area contributed by atoms with Gasteiger partial charge in [-0.3, -0.25) is 4.79 Å². The van der Waals surface area contributed by atoms with E-state index >= 15 is 0 Å². The number of methoxy groups -OCH3 is 1. The van der Waals surface area contributed by atoms with Gasteiger partial charge in [0.2, 0.25) is 5.91 Å². The maximum absolute atomic E-state index is 12.9. The van der Waals surface area contributed by atoms with Crippen LogP contribution in [-0.2, 0) is 17.9 Å². The summed E-state index contributed by atoms with van der Waals surface area (Å²) >= 11 is 1.81. The maximum atomic E-state index is 12.9. The average Bonchev–Trinajstić information content (AvgIpc) is 3.52. The van der Waals surface area contributed by atoms with Crippen LogP contribution >= 0.6 is 28.7 Å². The predicted molar refractivity (Wildman–Crippen MR) is 185 cm³/mol. The van der Waals surface area contributed by atoms with Gasteiger partial charge in [0, 0.05) is 24.9 Å². The fourth-order valence-corrected chi connectivity index (χ4v) is 5.89. The second kappa shape index (κ2) is 21.6. The van der Waals surface area contributed by atoms with E-state index in [2.05, 4.69) is 47.7 Å². The molecule has 5 nitrogen and oxygen atoms in total. The first-order valence-corrected chi connectivity index (χ1v) is 16.9. The SMILES string of the molecule is Br.CCCCCCCCCCCCCCOc1ccc(CN(C(=O)CC)c2ccc(CN3C=CSC3)cc2)cc1OC. The number of carbonyl (C=O) groups excluding carboxylic acids is 1. The Bertz CT molecular complexity index is 1050. The quantitative estimate of drug-likeness (QED) is 0.125. The van der Waals surface area contributed by atoms with Crippen molar-refractivity contribution in [1.29, 1.82) is 0 Å². The number of nitrogens with zero attached hydrogens (tertiary/aromatic N) is 2. The summed E-state index contributed by atoms with van der Waals surface area (Å²) in [5, 5.41) is 2.12. The highest BCUT2D eigenvalue weighted by Gasteiger charge is 2.17. The lowest BCUT2D eigenvalue weighted by Gasteiger charge is -2.24. The van der Waals surface area contributed by atoms with E-state index in [1.54, 1.807) is 18.9 Å². The first-order chi connectivity index (χ1) is 20.1. The van der Waals surface area contributed by atoms with Crippen molar-refractivity contribution in [3.05, 3.63) is 65.2 Å². The number of anilines is 1. The molecule has 0 atom stereocenters. The molecule has 0 aliphatic carbocycles. The number of ether oxygens (including phenoxy) is 2. The molecule has 1 aliphatic heterocycles. The molecule has 1 heterocycles. The van der Waals surface area contributed by atoms with E-state index in [-0.39, 0.29) is 22.9 Å². The van der Waals surface area contributed by atoms with Gasteiger partial charge in [-0.05, 0) is 47.2 Å². The van der Waals surface area contributed by atoms with Gasteiger partial charge in [0.25, 0.3) is 0 Å². The molecule has 0 radical (unpaired) electrons. The van der Waals surface area contributed by atoms with Gasteiger partial charge in [0.05, 0.1) is 26.1 Å². The Balaban J connectivity index is 0.00000616. The van der Waals surface area contributed by atoms with Crippen molar-refractivity contribution in [2.75, 3.05) is 24.5 Å². The van der Waals surface area contributed by atoms with Crippen molar-refractivity contribution in [2.24, 2.45) is 0 Å². The van der Waals surface area contributed by atoms with Crippen LogP contribution in [0.25, 0.3) is 0 Å². The lowest BCUT2D eigenvalue weighted by atomic mass is 10.1. The van der Waals surface area contributed by atoms with Gasteiger partial charge in [-0.15, -0.1) is 28.7 Å². The van der Waals surface area contributed by atoms with E-state index in [0.29, 0.717) is 19.6 Å². The van der Waals surface area contributed by atoms with E-state index in [1.165, 1.54) is 76.2 Å². The molecular weight excluding hydrogens is 608 g/mol. The van der Waals surface area contributed by atoms with Crippen LogP contribution in [0, 0.1) is 0 Å². The van der Waals surface area contributed by atoms with E-state index < -0.39 is 0 Å². The van der Waals surface area contributed by atoms with Crippen molar-refractivity contribution in [3.8, 4) is 11.5 Å². The molecule has 0 bridgehead atoms. The molecule has 42 heavy (non-hydrogen) atoms. The summed E-state index contributed by atoms with van der Waals surface area (Å²) in [7, 11) is 1.68. The maximum Gasteiger partial charge on any atom is 0.227 e. The van der Waals surface area contributed by atoms with Gasteiger partial charge in [-0.2, -0.15) is 0 Å². The summed E-state index contributed by atoms with van der Waals surface area (Å²) in [6.07, 6.45) is 18.6. The normalized spacial score (nSPS) is 12.3. The zero-order chi connectivity index (χ0) is 29.1. The molecule has 0 saturated heterocycles. The Hall–Kier alpha value is -2.12. The summed E-state index contributed by atoms with van der Waals surface area (Å²) in [6.45, 7) is 6.26. The lowest BCUT2D eigenvalue weighted by molar-refractivity contribution is -0.118. The molecule has 0 fully saturated rings. The highest BCUT2D eigenvalue weighted by atomic mass is 79.9. The van der Waals surface area contributed by atoms with Crippen LogP contribution in [0.5, 0.6) is 11.5 Å². The third-order valence-electron chi connectivity index (χ3n) is 7.67. The second-order valence-corrected chi connectivity index (χ2v) is 11.9. The molecule has 0 saturated carbocycles. The zero-order valence-electron chi connectivity index (χ0n) is 26.2. The van der Waals surface area contributed by atoms with Gasteiger partial charge in [0.15, 0.2) is 11.5 Å². The van der Waals surface area contributed by atoms with Crippen LogP contribution in [0.2, 0.25) is 0 Å². The van der Waals surface area contributed by atoms with Gasteiger partial charge >= 0.3 is 0 Å². The van der Waals surface area contributed by atoms with Crippen LogP contribution in [0.3, 0.4) is 0 Å². The molecule has 0 N–H and O–H groups in total.